The van der Waals surface area contributed by atoms with E-state index in [1.807, 2.05) is 48.5 Å². The molecule has 0 aliphatic carbocycles. The lowest BCUT2D eigenvalue weighted by Crippen LogP contribution is -2.14. The molecule has 0 bridgehead atoms. The molecule has 0 aliphatic rings. The largest absolute Gasteiger partial charge is 0.380 e. The van der Waals surface area contributed by atoms with Gasteiger partial charge in [-0.15, -0.1) is 0 Å². The molecule has 0 aromatic heterocycles. The van der Waals surface area contributed by atoms with Crippen LogP contribution in [0.25, 0.3) is 6.08 Å². The molecule has 2 rings (SSSR count). The molecular weight excluding hydrogens is 252 g/mol. The van der Waals surface area contributed by atoms with E-state index in [1.54, 1.807) is 18.2 Å². The summed E-state index contributed by atoms with van der Waals surface area (Å²) in [7, 11) is 0. The van der Waals surface area contributed by atoms with E-state index >= 15 is 0 Å². The highest BCUT2D eigenvalue weighted by atomic mass is 16.7. The molecule has 2 N–H and O–H groups in total. The van der Waals surface area contributed by atoms with Gasteiger partial charge in [-0.25, -0.2) is 4.79 Å². The highest BCUT2D eigenvalue weighted by Crippen LogP contribution is 2.02. The second-order valence-electron chi connectivity index (χ2n) is 4.00. The van der Waals surface area contributed by atoms with Gasteiger partial charge in [0.05, 0.1) is 0 Å². The van der Waals surface area contributed by atoms with Gasteiger partial charge < -0.3 is 10.6 Å². The molecule has 0 saturated carbocycles. The average molecular weight is 266 g/mol. The minimum absolute atomic E-state index is 0.159. The Morgan fingerprint density at radius 2 is 1.60 bits per heavy atom. The predicted molar refractivity (Wildman–Crippen MR) is 78.7 cm³/mol. The Labute approximate surface area is 117 Å². The smallest absolute Gasteiger partial charge is 0.358 e. The zero-order chi connectivity index (χ0) is 14.2. The molecule has 0 fully saturated rings. The summed E-state index contributed by atoms with van der Waals surface area (Å²) in [5.41, 5.74) is 7.31. The van der Waals surface area contributed by atoms with Gasteiger partial charge >= 0.3 is 5.97 Å². The summed E-state index contributed by atoms with van der Waals surface area (Å²) in [6.07, 6.45) is 2.95. The fraction of sp³-hybridized carbons (Fsp3) is 0. The quantitative estimate of drug-likeness (QED) is 0.304. The molecule has 0 aliphatic heterocycles. The Kier molecular flexibility index (Phi) is 4.67. The fourth-order valence-electron chi connectivity index (χ4n) is 1.51. The minimum Gasteiger partial charge on any atom is -0.380 e. The lowest BCUT2D eigenvalue weighted by atomic mass is 10.2. The summed E-state index contributed by atoms with van der Waals surface area (Å²) in [6, 6.07) is 18.5. The van der Waals surface area contributed by atoms with Crippen LogP contribution < -0.4 is 5.73 Å². The standard InChI is InChI=1S/C16H14N2O2/c17-16(14-9-5-2-6-10-14)18-20-15(19)12-11-13-7-3-1-4-8-13/h1-12H,(H2,17,18)/b12-11+. The Bertz CT molecular complexity index is 619. The van der Waals surface area contributed by atoms with Crippen LogP contribution in [0.4, 0.5) is 0 Å². The number of hydrogen-bond donors (Lipinski definition) is 1. The number of carbonyl (C=O) groups excluding carboxylic acids is 1. The third-order valence-electron chi connectivity index (χ3n) is 2.51. The molecule has 4 nitrogen and oxygen atoms in total. The van der Waals surface area contributed by atoms with Crippen molar-refractivity contribution in [2.75, 3.05) is 0 Å². The molecule has 2 aromatic carbocycles. The SMILES string of the molecule is NC(=NOC(=O)/C=C/c1ccccc1)c1ccccc1. The third kappa shape index (κ3) is 4.10. The first kappa shape index (κ1) is 13.5. The van der Waals surface area contributed by atoms with E-state index in [1.165, 1.54) is 6.08 Å². The van der Waals surface area contributed by atoms with Crippen LogP contribution in [0, 0.1) is 0 Å². The van der Waals surface area contributed by atoms with E-state index in [0.29, 0.717) is 5.56 Å². The number of nitrogens with two attached hydrogens (primary N) is 1. The van der Waals surface area contributed by atoms with Crippen LogP contribution in [0.2, 0.25) is 0 Å². The van der Waals surface area contributed by atoms with Crippen molar-refractivity contribution in [2.24, 2.45) is 10.9 Å². The van der Waals surface area contributed by atoms with Crippen molar-refractivity contribution < 1.29 is 9.63 Å². The van der Waals surface area contributed by atoms with Crippen molar-refractivity contribution >= 4 is 17.9 Å². The maximum Gasteiger partial charge on any atom is 0.358 e. The van der Waals surface area contributed by atoms with E-state index in [0.717, 1.165) is 5.56 Å². The number of benzene rings is 2. The molecule has 0 atom stereocenters. The Morgan fingerprint density at radius 1 is 1.00 bits per heavy atom. The Balaban J connectivity index is 1.94. The lowest BCUT2D eigenvalue weighted by molar-refractivity contribution is -0.137. The zero-order valence-corrected chi connectivity index (χ0v) is 10.8. The Hall–Kier alpha value is -2.88. The van der Waals surface area contributed by atoms with Crippen molar-refractivity contribution in [1.82, 2.24) is 0 Å². The maximum atomic E-state index is 11.5. The molecule has 0 unspecified atom stereocenters. The van der Waals surface area contributed by atoms with E-state index in [9.17, 15) is 4.79 Å². The normalized spacial score (nSPS) is 11.5. The van der Waals surface area contributed by atoms with Gasteiger partial charge in [0.2, 0.25) is 0 Å². The van der Waals surface area contributed by atoms with Crippen LogP contribution in [0.1, 0.15) is 11.1 Å². The van der Waals surface area contributed by atoms with E-state index in [2.05, 4.69) is 5.16 Å². The molecule has 20 heavy (non-hydrogen) atoms. The summed E-state index contributed by atoms with van der Waals surface area (Å²) in [5, 5.41) is 3.60. The molecule has 0 amide bonds. The minimum atomic E-state index is -0.576. The third-order valence-corrected chi connectivity index (χ3v) is 2.51. The van der Waals surface area contributed by atoms with Crippen LogP contribution in [-0.4, -0.2) is 11.8 Å². The van der Waals surface area contributed by atoms with Gasteiger partial charge in [-0.3, -0.25) is 0 Å². The average Bonchev–Trinajstić information content (AvgIpc) is 2.52. The molecule has 0 heterocycles. The van der Waals surface area contributed by atoms with Crippen molar-refractivity contribution in [3.8, 4) is 0 Å². The first-order valence-corrected chi connectivity index (χ1v) is 6.09. The van der Waals surface area contributed by atoms with Crippen LogP contribution in [0.15, 0.2) is 71.9 Å². The number of hydrogen-bond acceptors (Lipinski definition) is 3. The number of oxime groups is 1. The predicted octanol–water partition coefficient (Wildman–Crippen LogP) is 2.56. The molecule has 0 spiro atoms. The molecule has 2 aromatic rings. The van der Waals surface area contributed by atoms with Crippen LogP contribution in [-0.2, 0) is 9.63 Å². The van der Waals surface area contributed by atoms with Crippen molar-refractivity contribution in [1.29, 1.82) is 0 Å². The van der Waals surface area contributed by atoms with Gasteiger partial charge in [0.15, 0.2) is 5.84 Å². The van der Waals surface area contributed by atoms with E-state index in [-0.39, 0.29) is 5.84 Å². The maximum absolute atomic E-state index is 11.5. The number of rotatable bonds is 4. The number of nitrogens with zero attached hydrogens (tertiary/aromatic N) is 1. The number of amidine groups is 1. The van der Waals surface area contributed by atoms with Gasteiger partial charge in [-0.05, 0) is 11.6 Å². The van der Waals surface area contributed by atoms with E-state index < -0.39 is 5.97 Å². The van der Waals surface area contributed by atoms with Crippen LogP contribution in [0.5, 0.6) is 0 Å². The second kappa shape index (κ2) is 6.89. The number of carbonyl (C=O) groups is 1. The highest BCUT2D eigenvalue weighted by molar-refractivity contribution is 5.97. The topological polar surface area (TPSA) is 64.7 Å². The Morgan fingerprint density at radius 3 is 2.25 bits per heavy atom. The summed E-state index contributed by atoms with van der Waals surface area (Å²) in [5.74, 6) is -0.417. The lowest BCUT2D eigenvalue weighted by Gasteiger charge is -1.98. The monoisotopic (exact) mass is 266 g/mol. The van der Waals surface area contributed by atoms with Crippen LogP contribution >= 0.6 is 0 Å². The van der Waals surface area contributed by atoms with Crippen LogP contribution in [0.3, 0.4) is 0 Å². The van der Waals surface area contributed by atoms with Gasteiger partial charge in [-0.1, -0.05) is 65.8 Å². The van der Waals surface area contributed by atoms with Crippen molar-refractivity contribution in [2.45, 2.75) is 0 Å². The molecule has 100 valence electrons. The van der Waals surface area contributed by atoms with Crippen molar-refractivity contribution in [3.63, 3.8) is 0 Å². The summed E-state index contributed by atoms with van der Waals surface area (Å²) >= 11 is 0. The van der Waals surface area contributed by atoms with Crippen molar-refractivity contribution in [3.05, 3.63) is 77.9 Å². The van der Waals surface area contributed by atoms with Gasteiger partial charge in [0, 0.05) is 11.6 Å². The van der Waals surface area contributed by atoms with Gasteiger partial charge in [0.25, 0.3) is 0 Å². The van der Waals surface area contributed by atoms with E-state index in [4.69, 9.17) is 10.6 Å². The fourth-order valence-corrected chi connectivity index (χ4v) is 1.51. The first-order chi connectivity index (χ1) is 9.75. The zero-order valence-electron chi connectivity index (χ0n) is 10.8. The summed E-state index contributed by atoms with van der Waals surface area (Å²) in [4.78, 5) is 16.2. The molecular formula is C16H14N2O2. The molecule has 4 heteroatoms. The second-order valence-corrected chi connectivity index (χ2v) is 4.00. The first-order valence-electron chi connectivity index (χ1n) is 6.09. The summed E-state index contributed by atoms with van der Waals surface area (Å²) < 4.78 is 0. The van der Waals surface area contributed by atoms with Gasteiger partial charge in [0.1, 0.15) is 0 Å². The van der Waals surface area contributed by atoms with Gasteiger partial charge in [-0.2, -0.15) is 0 Å². The molecule has 0 saturated heterocycles. The summed E-state index contributed by atoms with van der Waals surface area (Å²) in [6.45, 7) is 0. The molecule has 0 radical (unpaired) electrons. The highest BCUT2D eigenvalue weighted by Gasteiger charge is 2.00.